The fourth-order valence-electron chi connectivity index (χ4n) is 5.24. The van der Waals surface area contributed by atoms with Gasteiger partial charge in [-0.25, -0.2) is 0 Å². The highest BCUT2D eigenvalue weighted by atomic mass is 16.2. The molecule has 2 aromatic heterocycles. The van der Waals surface area contributed by atoms with Crippen molar-refractivity contribution >= 4 is 16.8 Å². The molecule has 0 unspecified atom stereocenters. The van der Waals surface area contributed by atoms with Gasteiger partial charge < -0.3 is 15.2 Å². The molecule has 0 bridgehead atoms. The molecule has 0 spiro atoms. The first kappa shape index (κ1) is 23.5. The normalized spacial score (nSPS) is 15.0. The number of amides is 1. The number of hydrogen-bond acceptors (Lipinski definition) is 3. The van der Waals surface area contributed by atoms with Crippen LogP contribution in [-0.4, -0.2) is 47.0 Å². The van der Waals surface area contributed by atoms with Crippen molar-refractivity contribution in [3.8, 4) is 11.3 Å². The molecule has 1 saturated heterocycles. The number of nitrogens with zero attached hydrogens (tertiary/aromatic N) is 2. The summed E-state index contributed by atoms with van der Waals surface area (Å²) in [6, 6.07) is 11.3. The number of H-pyrrole nitrogens is 1. The fraction of sp³-hybridized carbons (Fsp3) is 0.500. The number of carbonyl (C=O) groups excluding carboxylic acids is 1. The molecule has 33 heavy (non-hydrogen) atoms. The van der Waals surface area contributed by atoms with Crippen molar-refractivity contribution in [3.63, 3.8) is 0 Å². The van der Waals surface area contributed by atoms with Gasteiger partial charge in [0.05, 0.1) is 12.2 Å². The van der Waals surface area contributed by atoms with Crippen LogP contribution in [0, 0.1) is 13.8 Å². The van der Waals surface area contributed by atoms with Gasteiger partial charge in [0.1, 0.15) is 0 Å². The number of piperidine rings is 1. The van der Waals surface area contributed by atoms with Gasteiger partial charge >= 0.3 is 0 Å². The predicted octanol–water partition coefficient (Wildman–Crippen LogP) is 5.68. The van der Waals surface area contributed by atoms with Crippen LogP contribution < -0.4 is 5.32 Å². The highest BCUT2D eigenvalue weighted by Gasteiger charge is 2.25. The van der Waals surface area contributed by atoms with Gasteiger partial charge in [-0.15, -0.1) is 0 Å². The Morgan fingerprint density at radius 1 is 1.15 bits per heavy atom. The monoisotopic (exact) mass is 446 g/mol. The number of hydrogen-bond donors (Lipinski definition) is 2. The molecular formula is C28H38N4O. The number of rotatable bonds is 7. The van der Waals surface area contributed by atoms with E-state index in [2.05, 4.69) is 80.2 Å². The lowest BCUT2D eigenvalue weighted by molar-refractivity contribution is -0.131. The average molecular weight is 447 g/mol. The van der Waals surface area contributed by atoms with Crippen LogP contribution in [0.5, 0.6) is 0 Å². The zero-order valence-corrected chi connectivity index (χ0v) is 20.8. The molecule has 3 aromatic rings. The van der Waals surface area contributed by atoms with Crippen molar-refractivity contribution in [2.75, 3.05) is 26.2 Å². The average Bonchev–Trinajstić information content (AvgIpc) is 3.18. The van der Waals surface area contributed by atoms with Crippen LogP contribution in [0.15, 0.2) is 30.3 Å². The first-order valence-electron chi connectivity index (χ1n) is 12.5. The van der Waals surface area contributed by atoms with Crippen molar-refractivity contribution in [1.82, 2.24) is 20.2 Å². The second-order valence-corrected chi connectivity index (χ2v) is 9.84. The third-order valence-corrected chi connectivity index (χ3v) is 6.83. The maximum absolute atomic E-state index is 12.5. The predicted molar refractivity (Wildman–Crippen MR) is 137 cm³/mol. The zero-order valence-electron chi connectivity index (χ0n) is 20.8. The van der Waals surface area contributed by atoms with Crippen molar-refractivity contribution in [2.24, 2.45) is 0 Å². The van der Waals surface area contributed by atoms with Gasteiger partial charge in [-0.05, 0) is 86.9 Å². The highest BCUT2D eigenvalue weighted by Crippen LogP contribution is 2.38. The number of nitrogens with one attached hydrogen (secondary N) is 2. The minimum atomic E-state index is 0.234. The second kappa shape index (κ2) is 10.1. The maximum atomic E-state index is 12.5. The lowest BCUT2D eigenvalue weighted by Gasteiger charge is -2.32. The lowest BCUT2D eigenvalue weighted by Crippen LogP contribution is -2.42. The molecule has 1 aromatic carbocycles. The van der Waals surface area contributed by atoms with E-state index in [1.165, 1.54) is 33.3 Å². The summed E-state index contributed by atoms with van der Waals surface area (Å²) in [5, 5.41) is 4.56. The Kier molecular flexibility index (Phi) is 7.18. The van der Waals surface area contributed by atoms with Crippen LogP contribution >= 0.6 is 0 Å². The first-order valence-corrected chi connectivity index (χ1v) is 12.5. The number of fused-ring (bicyclic) bond motifs is 1. The van der Waals surface area contributed by atoms with Crippen LogP contribution in [0.4, 0.5) is 0 Å². The number of aryl methyl sites for hydroxylation is 2. The Balaban J connectivity index is 1.57. The minimum Gasteiger partial charge on any atom is -0.354 e. The Morgan fingerprint density at radius 3 is 2.48 bits per heavy atom. The molecule has 3 heterocycles. The standard InChI is InChI=1S/C28H38N4O/c1-6-11-29-17-26(33)32-12-9-21(10-13-32)22-7-8-25-24(16-22)27(18(2)3)28(31-25)23-14-19(4)30-20(5)15-23/h7-8,14-16,18,21,29,31H,6,9-13,17H2,1-5H3. The van der Waals surface area contributed by atoms with Gasteiger partial charge in [0.2, 0.25) is 5.91 Å². The van der Waals surface area contributed by atoms with Gasteiger partial charge in [0.15, 0.2) is 0 Å². The van der Waals surface area contributed by atoms with Crippen LogP contribution in [0.25, 0.3) is 22.2 Å². The van der Waals surface area contributed by atoms with Gasteiger partial charge in [-0.2, -0.15) is 0 Å². The van der Waals surface area contributed by atoms with Crippen molar-refractivity contribution < 1.29 is 4.79 Å². The molecule has 1 aliphatic rings. The number of aromatic nitrogens is 2. The summed E-state index contributed by atoms with van der Waals surface area (Å²) in [7, 11) is 0. The maximum Gasteiger partial charge on any atom is 0.236 e. The fourth-order valence-corrected chi connectivity index (χ4v) is 5.24. The summed E-state index contributed by atoms with van der Waals surface area (Å²) in [4.78, 5) is 22.7. The van der Waals surface area contributed by atoms with Crippen LogP contribution in [-0.2, 0) is 4.79 Å². The third kappa shape index (κ3) is 5.14. The molecule has 5 nitrogen and oxygen atoms in total. The molecular weight excluding hydrogens is 408 g/mol. The topological polar surface area (TPSA) is 61.0 Å². The second-order valence-electron chi connectivity index (χ2n) is 9.84. The summed E-state index contributed by atoms with van der Waals surface area (Å²) < 4.78 is 0. The van der Waals surface area contributed by atoms with Gasteiger partial charge in [0, 0.05) is 40.9 Å². The van der Waals surface area contributed by atoms with E-state index in [1.54, 1.807) is 0 Å². The number of aromatic amines is 1. The first-order chi connectivity index (χ1) is 15.9. The Hall–Kier alpha value is -2.66. The van der Waals surface area contributed by atoms with E-state index in [4.69, 9.17) is 0 Å². The molecule has 176 valence electrons. The van der Waals surface area contributed by atoms with Crippen LogP contribution in [0.2, 0.25) is 0 Å². The Labute approximate surface area is 198 Å². The quantitative estimate of drug-likeness (QED) is 0.459. The number of benzene rings is 1. The van der Waals surface area contributed by atoms with Crippen LogP contribution in [0.3, 0.4) is 0 Å². The molecule has 0 radical (unpaired) electrons. The van der Waals surface area contributed by atoms with E-state index < -0.39 is 0 Å². The molecule has 2 N–H and O–H groups in total. The summed E-state index contributed by atoms with van der Waals surface area (Å²) in [5.74, 6) is 1.15. The Bertz CT molecular complexity index is 1100. The van der Waals surface area contributed by atoms with Gasteiger partial charge in [0.25, 0.3) is 0 Å². The van der Waals surface area contributed by atoms with E-state index in [1.807, 2.05) is 4.90 Å². The van der Waals surface area contributed by atoms with Gasteiger partial charge in [-0.3, -0.25) is 9.78 Å². The summed E-state index contributed by atoms with van der Waals surface area (Å²) in [6.45, 7) is 13.8. The van der Waals surface area contributed by atoms with E-state index in [-0.39, 0.29) is 5.91 Å². The summed E-state index contributed by atoms with van der Waals surface area (Å²) >= 11 is 0. The third-order valence-electron chi connectivity index (χ3n) is 6.83. The molecule has 0 saturated carbocycles. The van der Waals surface area contributed by atoms with Crippen molar-refractivity contribution in [1.29, 1.82) is 0 Å². The number of pyridine rings is 1. The summed E-state index contributed by atoms with van der Waals surface area (Å²) in [6.07, 6.45) is 3.11. The van der Waals surface area contributed by atoms with Crippen LogP contribution in [0.1, 0.15) is 74.4 Å². The molecule has 1 fully saturated rings. The molecule has 1 aliphatic heterocycles. The largest absolute Gasteiger partial charge is 0.354 e. The lowest BCUT2D eigenvalue weighted by atomic mass is 9.87. The number of carbonyl (C=O) groups is 1. The minimum absolute atomic E-state index is 0.234. The van der Waals surface area contributed by atoms with Gasteiger partial charge in [-0.1, -0.05) is 26.8 Å². The zero-order chi connectivity index (χ0) is 23.5. The SMILES string of the molecule is CCCNCC(=O)N1CCC(c2ccc3[nH]c(-c4cc(C)nc(C)c4)c(C(C)C)c3c2)CC1. The highest BCUT2D eigenvalue weighted by molar-refractivity contribution is 5.92. The smallest absolute Gasteiger partial charge is 0.236 e. The van der Waals surface area contributed by atoms with E-state index >= 15 is 0 Å². The molecule has 4 rings (SSSR count). The van der Waals surface area contributed by atoms with E-state index in [0.717, 1.165) is 50.3 Å². The summed E-state index contributed by atoms with van der Waals surface area (Å²) in [5.41, 5.74) is 8.49. The molecule has 5 heteroatoms. The molecule has 1 amide bonds. The van der Waals surface area contributed by atoms with Crippen molar-refractivity contribution in [3.05, 3.63) is 52.8 Å². The Morgan fingerprint density at radius 2 is 1.85 bits per heavy atom. The van der Waals surface area contributed by atoms with E-state index in [0.29, 0.717) is 18.4 Å². The molecule has 0 aliphatic carbocycles. The molecule has 0 atom stereocenters. The number of likely N-dealkylation sites (tertiary alicyclic amines) is 1. The van der Waals surface area contributed by atoms with E-state index in [9.17, 15) is 4.79 Å². The van der Waals surface area contributed by atoms with Crippen molar-refractivity contribution in [2.45, 2.75) is 65.7 Å².